The van der Waals surface area contributed by atoms with Crippen molar-refractivity contribution in [1.82, 2.24) is 9.21 Å². The van der Waals surface area contributed by atoms with Gasteiger partial charge in [0.05, 0.1) is 0 Å². The SMILES string of the molecule is CCN1CC(=O)N(SC)C1=S. The molecule has 62 valence electrons. The fourth-order valence-corrected chi connectivity index (χ4v) is 2.01. The number of amides is 1. The lowest BCUT2D eigenvalue weighted by atomic mass is 10.6. The highest BCUT2D eigenvalue weighted by Crippen LogP contribution is 2.17. The third-order valence-corrected chi connectivity index (χ3v) is 2.86. The molecule has 0 radical (unpaired) electrons. The number of hydrogen-bond donors (Lipinski definition) is 0. The molecule has 1 heterocycles. The number of carbonyl (C=O) groups excluding carboxylic acids is 1. The normalized spacial score (nSPS) is 18.4. The molecule has 1 amide bonds. The Morgan fingerprint density at radius 1 is 1.73 bits per heavy atom. The first-order valence-corrected chi connectivity index (χ1v) is 4.95. The number of nitrogens with zero attached hydrogens (tertiary/aromatic N) is 2. The number of thiocarbonyl (C=S) groups is 1. The molecule has 0 aromatic carbocycles. The molecule has 1 aliphatic rings. The summed E-state index contributed by atoms with van der Waals surface area (Å²) in [6, 6.07) is 0. The first kappa shape index (κ1) is 8.80. The Kier molecular flexibility index (Phi) is 2.72. The van der Waals surface area contributed by atoms with Gasteiger partial charge in [0.1, 0.15) is 6.54 Å². The molecule has 0 spiro atoms. The summed E-state index contributed by atoms with van der Waals surface area (Å²) in [4.78, 5) is 13.0. The fourth-order valence-electron chi connectivity index (χ4n) is 0.957. The molecule has 0 unspecified atom stereocenters. The predicted octanol–water partition coefficient (Wildman–Crippen LogP) is 0.713. The Morgan fingerprint density at radius 2 is 2.36 bits per heavy atom. The van der Waals surface area contributed by atoms with E-state index in [-0.39, 0.29) is 5.91 Å². The summed E-state index contributed by atoms with van der Waals surface area (Å²) in [7, 11) is 0. The maximum absolute atomic E-state index is 11.2. The van der Waals surface area contributed by atoms with Crippen molar-refractivity contribution in [2.75, 3.05) is 19.3 Å². The second-order valence-corrected chi connectivity index (χ2v) is 3.26. The average molecular weight is 190 g/mol. The van der Waals surface area contributed by atoms with Crippen molar-refractivity contribution >= 4 is 35.2 Å². The molecule has 0 saturated carbocycles. The van der Waals surface area contributed by atoms with E-state index in [0.29, 0.717) is 11.7 Å². The summed E-state index contributed by atoms with van der Waals surface area (Å²) in [6.45, 7) is 3.24. The van der Waals surface area contributed by atoms with Crippen molar-refractivity contribution in [3.8, 4) is 0 Å². The molecule has 3 nitrogen and oxygen atoms in total. The van der Waals surface area contributed by atoms with E-state index in [2.05, 4.69) is 0 Å². The number of carbonyl (C=O) groups is 1. The predicted molar refractivity (Wildman–Crippen MR) is 50.2 cm³/mol. The van der Waals surface area contributed by atoms with E-state index in [1.54, 1.807) is 4.31 Å². The standard InChI is InChI=1S/C6H10N2OS2/c1-3-7-4-5(9)8(11-2)6(7)10/h3-4H2,1-2H3. The van der Waals surface area contributed by atoms with Gasteiger partial charge in [0, 0.05) is 12.8 Å². The third-order valence-electron chi connectivity index (χ3n) is 1.56. The van der Waals surface area contributed by atoms with Gasteiger partial charge in [-0.05, 0) is 31.1 Å². The van der Waals surface area contributed by atoms with Crippen LogP contribution in [0.2, 0.25) is 0 Å². The van der Waals surface area contributed by atoms with Crippen molar-refractivity contribution in [3.05, 3.63) is 0 Å². The van der Waals surface area contributed by atoms with E-state index in [1.807, 2.05) is 18.1 Å². The quantitative estimate of drug-likeness (QED) is 0.473. The maximum atomic E-state index is 11.2. The summed E-state index contributed by atoms with van der Waals surface area (Å²) in [6.07, 6.45) is 1.85. The van der Waals surface area contributed by atoms with E-state index < -0.39 is 0 Å². The van der Waals surface area contributed by atoms with Crippen LogP contribution in [0, 0.1) is 0 Å². The van der Waals surface area contributed by atoms with Gasteiger partial charge in [-0.2, -0.15) is 0 Å². The zero-order valence-electron chi connectivity index (χ0n) is 6.53. The van der Waals surface area contributed by atoms with Crippen LogP contribution in [0.25, 0.3) is 0 Å². The smallest absolute Gasteiger partial charge is 0.258 e. The van der Waals surface area contributed by atoms with Crippen LogP contribution in [0.4, 0.5) is 0 Å². The van der Waals surface area contributed by atoms with Gasteiger partial charge in [0.15, 0.2) is 5.11 Å². The van der Waals surface area contributed by atoms with E-state index >= 15 is 0 Å². The highest BCUT2D eigenvalue weighted by atomic mass is 32.2. The van der Waals surface area contributed by atoms with Gasteiger partial charge < -0.3 is 4.90 Å². The molecule has 0 N–H and O–H groups in total. The monoisotopic (exact) mass is 190 g/mol. The lowest BCUT2D eigenvalue weighted by molar-refractivity contribution is -0.121. The molecule has 0 atom stereocenters. The van der Waals surface area contributed by atoms with E-state index in [0.717, 1.165) is 6.54 Å². The number of likely N-dealkylation sites (N-methyl/N-ethyl adjacent to an activating group) is 1. The van der Waals surface area contributed by atoms with Crippen LogP contribution in [0.3, 0.4) is 0 Å². The second-order valence-electron chi connectivity index (χ2n) is 2.17. The maximum Gasteiger partial charge on any atom is 0.258 e. The summed E-state index contributed by atoms with van der Waals surface area (Å²) >= 11 is 6.42. The van der Waals surface area contributed by atoms with Gasteiger partial charge in [0.25, 0.3) is 5.91 Å². The van der Waals surface area contributed by atoms with Crippen molar-refractivity contribution in [2.24, 2.45) is 0 Å². The summed E-state index contributed by atoms with van der Waals surface area (Å²) in [5, 5.41) is 0.644. The van der Waals surface area contributed by atoms with Crippen molar-refractivity contribution in [2.45, 2.75) is 6.92 Å². The van der Waals surface area contributed by atoms with Crippen molar-refractivity contribution in [3.63, 3.8) is 0 Å². The fraction of sp³-hybridized carbons (Fsp3) is 0.667. The third kappa shape index (κ3) is 1.49. The molecule has 1 saturated heterocycles. The molecular weight excluding hydrogens is 180 g/mol. The van der Waals surface area contributed by atoms with Crippen molar-refractivity contribution < 1.29 is 4.79 Å². The minimum Gasteiger partial charge on any atom is -0.339 e. The van der Waals surface area contributed by atoms with Crippen LogP contribution in [-0.2, 0) is 4.79 Å². The molecule has 1 rings (SSSR count). The minimum atomic E-state index is 0.0874. The van der Waals surface area contributed by atoms with E-state index in [9.17, 15) is 4.79 Å². The largest absolute Gasteiger partial charge is 0.339 e. The highest BCUT2D eigenvalue weighted by Gasteiger charge is 2.30. The second kappa shape index (κ2) is 3.40. The Balaban J connectivity index is 2.71. The van der Waals surface area contributed by atoms with Crippen LogP contribution in [0.1, 0.15) is 6.92 Å². The van der Waals surface area contributed by atoms with Crippen molar-refractivity contribution in [1.29, 1.82) is 0 Å². The van der Waals surface area contributed by atoms with Crippen LogP contribution >= 0.6 is 24.2 Å². The molecule has 0 aromatic rings. The zero-order chi connectivity index (χ0) is 8.43. The summed E-state index contributed by atoms with van der Waals surface area (Å²) in [5.41, 5.74) is 0. The molecular formula is C6H10N2OS2. The first-order chi connectivity index (χ1) is 5.20. The van der Waals surface area contributed by atoms with E-state index in [1.165, 1.54) is 11.9 Å². The topological polar surface area (TPSA) is 23.6 Å². The zero-order valence-corrected chi connectivity index (χ0v) is 8.17. The Bertz CT molecular complexity index is 195. The Labute approximate surface area is 75.9 Å². The van der Waals surface area contributed by atoms with Gasteiger partial charge in [-0.25, -0.2) is 4.31 Å². The first-order valence-electron chi connectivity index (χ1n) is 3.36. The van der Waals surface area contributed by atoms with Crippen LogP contribution < -0.4 is 0 Å². The molecule has 11 heavy (non-hydrogen) atoms. The van der Waals surface area contributed by atoms with Gasteiger partial charge in [-0.1, -0.05) is 0 Å². The highest BCUT2D eigenvalue weighted by molar-refractivity contribution is 7.98. The molecule has 5 heteroatoms. The van der Waals surface area contributed by atoms with Gasteiger partial charge in [-0.15, -0.1) is 0 Å². The van der Waals surface area contributed by atoms with Gasteiger partial charge in [-0.3, -0.25) is 4.79 Å². The molecule has 0 bridgehead atoms. The number of rotatable bonds is 2. The molecule has 1 fully saturated rings. The van der Waals surface area contributed by atoms with Crippen LogP contribution in [0.5, 0.6) is 0 Å². The minimum absolute atomic E-state index is 0.0874. The van der Waals surface area contributed by atoms with Crippen LogP contribution in [0.15, 0.2) is 0 Å². The van der Waals surface area contributed by atoms with E-state index in [4.69, 9.17) is 12.2 Å². The summed E-state index contributed by atoms with van der Waals surface area (Å²) < 4.78 is 1.55. The Hall–Kier alpha value is -0.290. The summed E-state index contributed by atoms with van der Waals surface area (Å²) in [5.74, 6) is 0.0874. The molecule has 1 aliphatic heterocycles. The molecule has 0 aromatic heterocycles. The van der Waals surface area contributed by atoms with Gasteiger partial charge >= 0.3 is 0 Å². The average Bonchev–Trinajstić information content (AvgIpc) is 2.26. The molecule has 0 aliphatic carbocycles. The Morgan fingerprint density at radius 3 is 2.64 bits per heavy atom. The van der Waals surface area contributed by atoms with Crippen LogP contribution in [-0.4, -0.2) is 39.6 Å². The van der Waals surface area contributed by atoms with Gasteiger partial charge in [0.2, 0.25) is 0 Å². The lowest BCUT2D eigenvalue weighted by Gasteiger charge is -2.15. The lowest BCUT2D eigenvalue weighted by Crippen LogP contribution is -2.27. The number of hydrogen-bond acceptors (Lipinski definition) is 3.